The van der Waals surface area contributed by atoms with Crippen LogP contribution in [0, 0.1) is 0 Å². The topological polar surface area (TPSA) is 81.4 Å². The van der Waals surface area contributed by atoms with E-state index in [4.69, 9.17) is 10.5 Å². The van der Waals surface area contributed by atoms with Gasteiger partial charge in [-0.05, 0) is 31.2 Å². The lowest BCUT2D eigenvalue weighted by molar-refractivity contribution is -0.121. The Bertz CT molecular complexity index is 438. The first kappa shape index (κ1) is 13.9. The molecule has 0 heterocycles. The predicted molar refractivity (Wildman–Crippen MR) is 68.3 cm³/mol. The summed E-state index contributed by atoms with van der Waals surface area (Å²) in [5.74, 6) is -0.357. The van der Waals surface area contributed by atoms with Gasteiger partial charge in [-0.2, -0.15) is 0 Å². The quantitative estimate of drug-likeness (QED) is 0.757. The third kappa shape index (κ3) is 4.03. The number of hydrogen-bond acceptors (Lipinski definition) is 4. The fourth-order valence-electron chi connectivity index (χ4n) is 1.16. The van der Waals surface area contributed by atoms with Gasteiger partial charge in [-0.3, -0.25) is 14.9 Å². The summed E-state index contributed by atoms with van der Waals surface area (Å²) < 4.78 is 5.27. The summed E-state index contributed by atoms with van der Waals surface area (Å²) in [7, 11) is 0. The number of nitrogens with two attached hydrogens (primary N) is 1. The molecule has 0 unspecified atom stereocenters. The minimum Gasteiger partial charge on any atom is -0.490 e. The van der Waals surface area contributed by atoms with Gasteiger partial charge < -0.3 is 10.5 Å². The predicted octanol–water partition coefficient (Wildman–Crippen LogP) is 0.855. The second-order valence-corrected chi connectivity index (χ2v) is 3.73. The van der Waals surface area contributed by atoms with Crippen LogP contribution >= 0.6 is 0 Å². The van der Waals surface area contributed by atoms with E-state index in [1.807, 2.05) is 0 Å². The lowest BCUT2D eigenvalue weighted by Gasteiger charge is -2.07. The van der Waals surface area contributed by atoms with Crippen molar-refractivity contribution in [2.45, 2.75) is 13.0 Å². The number of rotatable bonds is 5. The third-order valence-electron chi connectivity index (χ3n) is 2.13. The number of imide groups is 1. The highest BCUT2D eigenvalue weighted by Gasteiger charge is 2.13. The van der Waals surface area contributed by atoms with Crippen LogP contribution in [-0.4, -0.2) is 24.5 Å². The maximum atomic E-state index is 11.6. The molecule has 0 saturated carbocycles. The second kappa shape index (κ2) is 6.56. The maximum Gasteiger partial charge on any atom is 0.257 e. The van der Waals surface area contributed by atoms with Gasteiger partial charge in [0.15, 0.2) is 0 Å². The smallest absolute Gasteiger partial charge is 0.257 e. The Hall–Kier alpha value is -2.14. The zero-order valence-corrected chi connectivity index (χ0v) is 10.2. The van der Waals surface area contributed by atoms with E-state index >= 15 is 0 Å². The number of carbonyl (C=O) groups is 2. The van der Waals surface area contributed by atoms with Crippen molar-refractivity contribution in [3.63, 3.8) is 0 Å². The van der Waals surface area contributed by atoms with Crippen molar-refractivity contribution in [1.29, 1.82) is 0 Å². The van der Waals surface area contributed by atoms with Gasteiger partial charge >= 0.3 is 0 Å². The fraction of sp³-hybridized carbons (Fsp3) is 0.231. The largest absolute Gasteiger partial charge is 0.490 e. The van der Waals surface area contributed by atoms with Crippen molar-refractivity contribution in [3.05, 3.63) is 42.5 Å². The number of amides is 2. The Morgan fingerprint density at radius 1 is 1.44 bits per heavy atom. The molecule has 0 fully saturated rings. The van der Waals surface area contributed by atoms with Crippen molar-refractivity contribution in [2.24, 2.45) is 5.73 Å². The molecule has 0 aliphatic carbocycles. The van der Waals surface area contributed by atoms with E-state index in [1.165, 1.54) is 6.92 Å². The number of hydrogen-bond donors (Lipinski definition) is 2. The van der Waals surface area contributed by atoms with Crippen LogP contribution < -0.4 is 15.8 Å². The van der Waals surface area contributed by atoms with Gasteiger partial charge in [-0.25, -0.2) is 0 Å². The average molecular weight is 248 g/mol. The molecular formula is C13H16N2O3. The summed E-state index contributed by atoms with van der Waals surface area (Å²) in [5, 5.41) is 2.20. The Kier molecular flexibility index (Phi) is 5.07. The van der Waals surface area contributed by atoms with Crippen LogP contribution in [0.15, 0.2) is 36.9 Å². The standard InChI is InChI=1S/C13H16N2O3/c1-3-8-18-11-6-4-10(5-7-11)13(17)15-12(16)9(2)14/h3-7,9H,1,8,14H2,2H3,(H,15,16,17)/t9-/m0/s1. The van der Waals surface area contributed by atoms with Crippen molar-refractivity contribution in [3.8, 4) is 5.75 Å². The lowest BCUT2D eigenvalue weighted by Crippen LogP contribution is -2.41. The summed E-state index contributed by atoms with van der Waals surface area (Å²) in [4.78, 5) is 22.9. The SMILES string of the molecule is C=CCOc1ccc(C(=O)NC(=O)[C@H](C)N)cc1. The van der Waals surface area contributed by atoms with Crippen molar-refractivity contribution in [1.82, 2.24) is 5.32 Å². The third-order valence-corrected chi connectivity index (χ3v) is 2.13. The molecule has 2 amide bonds. The molecule has 0 aromatic heterocycles. The molecule has 0 bridgehead atoms. The highest BCUT2D eigenvalue weighted by Crippen LogP contribution is 2.12. The first-order valence-corrected chi connectivity index (χ1v) is 5.49. The van der Waals surface area contributed by atoms with Gasteiger partial charge in [0.1, 0.15) is 12.4 Å². The summed E-state index contributed by atoms with van der Waals surface area (Å²) in [6.07, 6.45) is 1.63. The fourth-order valence-corrected chi connectivity index (χ4v) is 1.16. The molecule has 5 heteroatoms. The molecular weight excluding hydrogens is 232 g/mol. The number of benzene rings is 1. The van der Waals surface area contributed by atoms with E-state index in [1.54, 1.807) is 30.3 Å². The van der Waals surface area contributed by atoms with Crippen LogP contribution in [0.4, 0.5) is 0 Å². The van der Waals surface area contributed by atoms with E-state index in [-0.39, 0.29) is 0 Å². The molecule has 5 nitrogen and oxygen atoms in total. The maximum absolute atomic E-state index is 11.6. The Morgan fingerprint density at radius 2 is 2.06 bits per heavy atom. The van der Waals surface area contributed by atoms with Crippen molar-refractivity contribution in [2.75, 3.05) is 6.61 Å². The molecule has 1 aromatic carbocycles. The van der Waals surface area contributed by atoms with Gasteiger partial charge in [-0.1, -0.05) is 12.7 Å². The van der Waals surface area contributed by atoms with Crippen LogP contribution in [0.5, 0.6) is 5.75 Å². The van der Waals surface area contributed by atoms with Gasteiger partial charge in [0.05, 0.1) is 6.04 Å². The van der Waals surface area contributed by atoms with Gasteiger partial charge in [0.25, 0.3) is 5.91 Å². The Balaban J connectivity index is 2.64. The van der Waals surface area contributed by atoms with Crippen LogP contribution in [0.25, 0.3) is 0 Å². The summed E-state index contributed by atoms with van der Waals surface area (Å²) >= 11 is 0. The summed E-state index contributed by atoms with van der Waals surface area (Å²) in [5.41, 5.74) is 5.72. The molecule has 1 aromatic rings. The Labute approximate surface area is 106 Å². The number of carbonyl (C=O) groups excluding carboxylic acids is 2. The van der Waals surface area contributed by atoms with Gasteiger partial charge in [-0.15, -0.1) is 0 Å². The van der Waals surface area contributed by atoms with Crippen molar-refractivity contribution >= 4 is 11.8 Å². The zero-order chi connectivity index (χ0) is 13.5. The highest BCUT2D eigenvalue weighted by molar-refractivity contribution is 6.05. The molecule has 0 radical (unpaired) electrons. The van der Waals surface area contributed by atoms with Crippen LogP contribution in [0.3, 0.4) is 0 Å². The Morgan fingerprint density at radius 3 is 2.56 bits per heavy atom. The molecule has 96 valence electrons. The van der Waals surface area contributed by atoms with Gasteiger partial charge in [0.2, 0.25) is 5.91 Å². The van der Waals surface area contributed by atoms with E-state index in [9.17, 15) is 9.59 Å². The number of nitrogens with one attached hydrogen (secondary N) is 1. The average Bonchev–Trinajstić information content (AvgIpc) is 2.36. The first-order chi connectivity index (χ1) is 8.54. The monoisotopic (exact) mass is 248 g/mol. The molecule has 0 saturated heterocycles. The summed E-state index contributed by atoms with van der Waals surface area (Å²) in [6, 6.07) is 5.72. The molecule has 0 aliphatic heterocycles. The zero-order valence-electron chi connectivity index (χ0n) is 10.2. The summed E-state index contributed by atoms with van der Waals surface area (Å²) in [6.45, 7) is 5.44. The van der Waals surface area contributed by atoms with Crippen LogP contribution in [-0.2, 0) is 4.79 Å². The van der Waals surface area contributed by atoms with E-state index in [0.717, 1.165) is 0 Å². The van der Waals surface area contributed by atoms with E-state index in [2.05, 4.69) is 11.9 Å². The van der Waals surface area contributed by atoms with E-state index < -0.39 is 17.9 Å². The molecule has 0 spiro atoms. The van der Waals surface area contributed by atoms with Crippen LogP contribution in [0.2, 0.25) is 0 Å². The van der Waals surface area contributed by atoms with E-state index in [0.29, 0.717) is 17.9 Å². The first-order valence-electron chi connectivity index (χ1n) is 5.49. The molecule has 0 aliphatic rings. The second-order valence-electron chi connectivity index (χ2n) is 3.73. The van der Waals surface area contributed by atoms with Crippen LogP contribution in [0.1, 0.15) is 17.3 Å². The lowest BCUT2D eigenvalue weighted by atomic mass is 10.2. The highest BCUT2D eigenvalue weighted by atomic mass is 16.5. The van der Waals surface area contributed by atoms with Gasteiger partial charge in [0, 0.05) is 5.56 Å². The molecule has 1 atom stereocenters. The van der Waals surface area contributed by atoms with Crippen molar-refractivity contribution < 1.29 is 14.3 Å². The number of ether oxygens (including phenoxy) is 1. The normalized spacial score (nSPS) is 11.4. The minimum absolute atomic E-state index is 0.370. The molecule has 3 N–H and O–H groups in total. The molecule has 1 rings (SSSR count). The minimum atomic E-state index is -0.718. The molecule has 18 heavy (non-hydrogen) atoms.